The molecule has 0 aliphatic heterocycles. The zero-order valence-electron chi connectivity index (χ0n) is 15.3. The Hall–Kier alpha value is -2.80. The second-order valence-electron chi connectivity index (χ2n) is 5.90. The van der Waals surface area contributed by atoms with Gasteiger partial charge in [0.1, 0.15) is 5.75 Å². The van der Waals surface area contributed by atoms with Crippen molar-refractivity contribution in [1.29, 1.82) is 0 Å². The number of thioether (sulfide) groups is 1. The van der Waals surface area contributed by atoms with E-state index in [4.69, 9.17) is 9.15 Å². The maximum atomic E-state index is 12.0. The van der Waals surface area contributed by atoms with Gasteiger partial charge in [0.2, 0.25) is 5.89 Å². The van der Waals surface area contributed by atoms with Crippen molar-refractivity contribution in [3.63, 3.8) is 0 Å². The number of aryl methyl sites for hydroxylation is 1. The molecule has 0 saturated carbocycles. The molecule has 1 aromatic heterocycles. The summed E-state index contributed by atoms with van der Waals surface area (Å²) in [7, 11) is 0. The van der Waals surface area contributed by atoms with Gasteiger partial charge in [0.25, 0.3) is 5.91 Å². The van der Waals surface area contributed by atoms with E-state index in [-0.39, 0.29) is 18.5 Å². The van der Waals surface area contributed by atoms with E-state index in [1.165, 1.54) is 4.90 Å². The largest absolute Gasteiger partial charge is 0.484 e. The van der Waals surface area contributed by atoms with Gasteiger partial charge >= 0.3 is 6.01 Å². The predicted molar refractivity (Wildman–Crippen MR) is 105 cm³/mol. The highest BCUT2D eigenvalue weighted by atomic mass is 32.2. The van der Waals surface area contributed by atoms with E-state index < -0.39 is 0 Å². The van der Waals surface area contributed by atoms with Crippen LogP contribution >= 0.6 is 11.8 Å². The Morgan fingerprint density at radius 1 is 1.11 bits per heavy atom. The highest BCUT2D eigenvalue weighted by Crippen LogP contribution is 2.19. The number of hydrogen-bond acceptors (Lipinski definition) is 6. The number of benzene rings is 2. The monoisotopic (exact) mass is 383 g/mol. The summed E-state index contributed by atoms with van der Waals surface area (Å²) in [5, 5.41) is 10.4. The lowest BCUT2D eigenvalue weighted by Crippen LogP contribution is -2.20. The molecule has 0 radical (unpaired) electrons. The van der Waals surface area contributed by atoms with Gasteiger partial charge in [-0.1, -0.05) is 41.9 Å². The SMILES string of the molecule is CCSc1ccc(Cc2nnc(NC(=O)COc3ccc(C)cc3)o2)cc1. The molecule has 1 N–H and O–H groups in total. The van der Waals surface area contributed by atoms with Crippen LogP contribution in [-0.4, -0.2) is 28.5 Å². The minimum atomic E-state index is -0.355. The molecule has 0 unspecified atom stereocenters. The third-order valence-electron chi connectivity index (χ3n) is 3.69. The van der Waals surface area contributed by atoms with Crippen molar-refractivity contribution >= 4 is 23.7 Å². The van der Waals surface area contributed by atoms with E-state index in [0.29, 0.717) is 18.1 Å². The molecule has 0 saturated heterocycles. The van der Waals surface area contributed by atoms with Crippen LogP contribution in [0.5, 0.6) is 5.75 Å². The van der Waals surface area contributed by atoms with Crippen molar-refractivity contribution in [3.8, 4) is 5.75 Å². The first kappa shape index (κ1) is 19.0. The van der Waals surface area contributed by atoms with E-state index in [1.54, 1.807) is 11.8 Å². The van der Waals surface area contributed by atoms with Crippen molar-refractivity contribution in [2.24, 2.45) is 0 Å². The summed E-state index contributed by atoms with van der Waals surface area (Å²) in [6.07, 6.45) is 0.514. The lowest BCUT2D eigenvalue weighted by molar-refractivity contribution is -0.118. The Morgan fingerprint density at radius 2 is 1.85 bits per heavy atom. The first-order chi connectivity index (χ1) is 13.1. The van der Waals surface area contributed by atoms with Crippen LogP contribution in [0.1, 0.15) is 23.9 Å². The zero-order valence-corrected chi connectivity index (χ0v) is 16.1. The predicted octanol–water partition coefficient (Wildman–Crippen LogP) is 4.10. The fraction of sp³-hybridized carbons (Fsp3) is 0.250. The van der Waals surface area contributed by atoms with E-state index >= 15 is 0 Å². The first-order valence-electron chi connectivity index (χ1n) is 8.66. The van der Waals surface area contributed by atoms with Crippen LogP contribution in [0, 0.1) is 6.92 Å². The number of aromatic nitrogens is 2. The van der Waals surface area contributed by atoms with Crippen LogP contribution in [0.2, 0.25) is 0 Å². The Kier molecular flexibility index (Phi) is 6.49. The molecule has 1 amide bonds. The Bertz CT molecular complexity index is 876. The highest BCUT2D eigenvalue weighted by Gasteiger charge is 2.11. The van der Waals surface area contributed by atoms with E-state index in [2.05, 4.69) is 34.6 Å². The maximum Gasteiger partial charge on any atom is 0.322 e. The fourth-order valence-electron chi connectivity index (χ4n) is 2.36. The molecule has 3 rings (SSSR count). The van der Waals surface area contributed by atoms with Crippen LogP contribution < -0.4 is 10.1 Å². The van der Waals surface area contributed by atoms with Gasteiger partial charge in [-0.3, -0.25) is 10.1 Å². The maximum absolute atomic E-state index is 12.0. The summed E-state index contributed by atoms with van der Waals surface area (Å²) >= 11 is 1.79. The van der Waals surface area contributed by atoms with E-state index in [1.807, 2.05) is 43.3 Å². The molecule has 27 heavy (non-hydrogen) atoms. The first-order valence-corrected chi connectivity index (χ1v) is 9.64. The Morgan fingerprint density at radius 3 is 2.56 bits per heavy atom. The van der Waals surface area contributed by atoms with Gasteiger partial charge in [-0.15, -0.1) is 16.9 Å². The van der Waals surface area contributed by atoms with Gasteiger partial charge in [-0.25, -0.2) is 0 Å². The van der Waals surface area contributed by atoms with Gasteiger partial charge < -0.3 is 9.15 Å². The summed E-state index contributed by atoms with van der Waals surface area (Å²) in [6, 6.07) is 15.8. The van der Waals surface area contributed by atoms with Crippen molar-refractivity contribution in [1.82, 2.24) is 10.2 Å². The molecule has 0 fully saturated rings. The molecule has 7 heteroatoms. The average molecular weight is 383 g/mol. The summed E-state index contributed by atoms with van der Waals surface area (Å²) in [5.74, 6) is 1.76. The van der Waals surface area contributed by atoms with Crippen LogP contribution in [0.15, 0.2) is 57.8 Å². The second kappa shape index (κ2) is 9.23. The molecule has 140 valence electrons. The molecule has 0 atom stereocenters. The topological polar surface area (TPSA) is 77.2 Å². The smallest absolute Gasteiger partial charge is 0.322 e. The van der Waals surface area contributed by atoms with Gasteiger partial charge in [0.15, 0.2) is 6.61 Å². The van der Waals surface area contributed by atoms with Crippen LogP contribution in [0.4, 0.5) is 6.01 Å². The van der Waals surface area contributed by atoms with Gasteiger partial charge in [0, 0.05) is 4.90 Å². The zero-order chi connectivity index (χ0) is 19.1. The average Bonchev–Trinajstić information content (AvgIpc) is 3.10. The lowest BCUT2D eigenvalue weighted by Gasteiger charge is -2.05. The molecule has 0 aliphatic carbocycles. The highest BCUT2D eigenvalue weighted by molar-refractivity contribution is 7.99. The molecule has 6 nitrogen and oxygen atoms in total. The molecular formula is C20H21N3O3S. The number of hydrogen-bond donors (Lipinski definition) is 1. The van der Waals surface area contributed by atoms with E-state index in [9.17, 15) is 4.79 Å². The van der Waals surface area contributed by atoms with Crippen molar-refractivity contribution < 1.29 is 13.9 Å². The van der Waals surface area contributed by atoms with Crippen molar-refractivity contribution in [2.75, 3.05) is 17.7 Å². The number of carbonyl (C=O) groups excluding carboxylic acids is 1. The van der Waals surface area contributed by atoms with E-state index in [0.717, 1.165) is 16.9 Å². The standard InChI is InChI=1S/C20H21N3O3S/c1-3-27-17-10-6-15(7-11-17)12-19-22-23-20(26-19)21-18(24)13-25-16-8-4-14(2)5-9-16/h4-11H,3,12-13H2,1-2H3,(H,21,23,24). The number of ether oxygens (including phenoxy) is 1. The summed E-state index contributed by atoms with van der Waals surface area (Å²) < 4.78 is 10.9. The second-order valence-corrected chi connectivity index (χ2v) is 7.24. The molecule has 0 bridgehead atoms. The van der Waals surface area contributed by atoms with Gasteiger partial charge in [-0.2, -0.15) is 0 Å². The van der Waals surface area contributed by atoms with Crippen LogP contribution in [-0.2, 0) is 11.2 Å². The lowest BCUT2D eigenvalue weighted by atomic mass is 10.1. The van der Waals surface area contributed by atoms with Gasteiger partial charge in [-0.05, 0) is 42.5 Å². The summed E-state index contributed by atoms with van der Waals surface area (Å²) in [4.78, 5) is 13.2. The van der Waals surface area contributed by atoms with Gasteiger partial charge in [0.05, 0.1) is 6.42 Å². The summed E-state index contributed by atoms with van der Waals surface area (Å²) in [6.45, 7) is 3.98. The van der Waals surface area contributed by atoms with Crippen molar-refractivity contribution in [3.05, 3.63) is 65.5 Å². The normalized spacial score (nSPS) is 10.6. The molecule has 2 aromatic carbocycles. The third-order valence-corrected chi connectivity index (χ3v) is 4.59. The summed E-state index contributed by atoms with van der Waals surface area (Å²) in [5.41, 5.74) is 2.20. The Labute approximate surface area is 162 Å². The minimum Gasteiger partial charge on any atom is -0.484 e. The van der Waals surface area contributed by atoms with Crippen molar-refractivity contribution in [2.45, 2.75) is 25.2 Å². The Balaban J connectivity index is 1.49. The number of anilines is 1. The van der Waals surface area contributed by atoms with Crippen LogP contribution in [0.25, 0.3) is 0 Å². The quantitative estimate of drug-likeness (QED) is 0.590. The third kappa shape index (κ3) is 5.86. The number of amides is 1. The number of nitrogens with one attached hydrogen (secondary N) is 1. The number of carbonyl (C=O) groups is 1. The molecule has 3 aromatic rings. The fourth-order valence-corrected chi connectivity index (χ4v) is 3.02. The number of nitrogens with zero attached hydrogens (tertiary/aromatic N) is 2. The molecular weight excluding hydrogens is 362 g/mol. The molecule has 0 spiro atoms. The molecule has 1 heterocycles. The minimum absolute atomic E-state index is 0.0701. The number of rotatable bonds is 8. The molecule has 0 aliphatic rings. The van der Waals surface area contributed by atoms with Crippen LogP contribution in [0.3, 0.4) is 0 Å².